The van der Waals surface area contributed by atoms with Crippen LogP contribution in [0.15, 0.2) is 54.2 Å². The predicted molar refractivity (Wildman–Crippen MR) is 230 cm³/mol. The number of aldehydes is 1. The van der Waals surface area contributed by atoms with Crippen LogP contribution in [0.5, 0.6) is 5.88 Å². The van der Waals surface area contributed by atoms with Gasteiger partial charge < -0.3 is 34.9 Å². The standard InChI is InChI=1S/C43H45F5N8O5S2/c1-24-35(63-23-52-24)26-12-10-25(11-13-26)19-50-37(59)31-9-8-16-55(31)39(60)36(41(2,3)4)53-32(58)21-61-38-29(44)17-28(20-51-38)56(42(5,6)22-57)40(62)54(7)30-15-14-27(18-49)33(34(30)45)43(46,47)48/h10-15,17,20,22-23,31,36H,8-9,16,19,21H2,1-7H3,(H,50,59)(H,53,58)/t31-,36?/m0/s1. The molecule has 5 rings (SSSR count). The van der Waals surface area contributed by atoms with Gasteiger partial charge in [-0.1, -0.05) is 45.0 Å². The number of thiazole rings is 1. The van der Waals surface area contributed by atoms with Crippen LogP contribution in [0.2, 0.25) is 0 Å². The van der Waals surface area contributed by atoms with Gasteiger partial charge in [0.2, 0.25) is 11.8 Å². The van der Waals surface area contributed by atoms with E-state index < -0.39 is 87.1 Å². The average molecular weight is 913 g/mol. The second kappa shape index (κ2) is 19.1. The monoisotopic (exact) mass is 912 g/mol. The minimum Gasteiger partial charge on any atom is -0.465 e. The molecule has 20 heteroatoms. The molecule has 0 bridgehead atoms. The lowest BCUT2D eigenvalue weighted by Gasteiger charge is -2.39. The maximum absolute atomic E-state index is 15.6. The Bertz CT molecular complexity index is 2430. The SMILES string of the molecule is Cc1ncsc1-c1ccc(CNC(=O)[C@@H]2CCCN2C(=O)C(NC(=O)COc2ncc(N(C(=S)N(C)c3ccc(C#N)c(C(F)(F)F)c3F)C(C)(C)C=O)cc2F)C(C)(C)C)cc1. The first kappa shape index (κ1) is 48.0. The van der Waals surface area contributed by atoms with E-state index in [1.54, 1.807) is 37.6 Å². The molecular weight excluding hydrogens is 868 g/mol. The molecule has 0 saturated carbocycles. The number of rotatable bonds is 13. The number of hydrogen-bond acceptors (Lipinski definition) is 10. The molecule has 63 heavy (non-hydrogen) atoms. The normalized spacial score (nSPS) is 14.7. The maximum Gasteiger partial charge on any atom is 0.420 e. The number of thiocarbonyl (C=S) groups is 1. The Kier molecular flexibility index (Phi) is 14.6. The molecule has 3 amide bonds. The number of nitrogens with zero attached hydrogens (tertiary/aromatic N) is 6. The number of likely N-dealkylation sites (tertiary alicyclic amines) is 1. The van der Waals surface area contributed by atoms with Crippen molar-refractivity contribution in [2.45, 2.75) is 84.7 Å². The van der Waals surface area contributed by atoms with Gasteiger partial charge in [0.05, 0.1) is 50.8 Å². The summed E-state index contributed by atoms with van der Waals surface area (Å²) in [4.78, 5) is 65.5. The van der Waals surface area contributed by atoms with Gasteiger partial charge in [0, 0.05) is 26.2 Å². The van der Waals surface area contributed by atoms with Crippen molar-refractivity contribution in [2.24, 2.45) is 5.41 Å². The van der Waals surface area contributed by atoms with Crippen molar-refractivity contribution >= 4 is 64.0 Å². The third kappa shape index (κ3) is 10.8. The Labute approximate surface area is 370 Å². The molecule has 1 unspecified atom stereocenters. The maximum atomic E-state index is 15.6. The summed E-state index contributed by atoms with van der Waals surface area (Å²) in [6, 6.07) is 9.70. The molecule has 0 aliphatic carbocycles. The van der Waals surface area contributed by atoms with E-state index in [0.29, 0.717) is 19.1 Å². The fourth-order valence-corrected chi connectivity index (χ4v) is 8.20. The summed E-state index contributed by atoms with van der Waals surface area (Å²) in [5.74, 6) is -5.22. The summed E-state index contributed by atoms with van der Waals surface area (Å²) in [5.41, 5.74) is -1.49. The second-order valence-electron chi connectivity index (χ2n) is 16.4. The van der Waals surface area contributed by atoms with E-state index in [0.717, 1.165) is 62.9 Å². The molecule has 2 aromatic carbocycles. The summed E-state index contributed by atoms with van der Waals surface area (Å²) < 4.78 is 77.6. The fourth-order valence-electron chi connectivity index (χ4n) is 6.95. The molecule has 1 aliphatic rings. The number of benzene rings is 2. The lowest BCUT2D eigenvalue weighted by molar-refractivity contribution is -0.144. The Balaban J connectivity index is 1.25. The highest BCUT2D eigenvalue weighted by atomic mass is 32.1. The van der Waals surface area contributed by atoms with Crippen LogP contribution in [-0.2, 0) is 31.9 Å². The lowest BCUT2D eigenvalue weighted by atomic mass is 9.85. The van der Waals surface area contributed by atoms with Gasteiger partial charge in [-0.05, 0) is 74.5 Å². The van der Waals surface area contributed by atoms with E-state index in [4.69, 9.17) is 22.2 Å². The zero-order valence-electron chi connectivity index (χ0n) is 35.4. The van der Waals surface area contributed by atoms with Crippen LogP contribution in [0.3, 0.4) is 0 Å². The van der Waals surface area contributed by atoms with Crippen molar-refractivity contribution in [2.75, 3.05) is 30.0 Å². The number of anilines is 2. The van der Waals surface area contributed by atoms with Gasteiger partial charge in [-0.15, -0.1) is 11.3 Å². The third-order valence-corrected chi connectivity index (χ3v) is 11.7. The number of halogens is 5. The second-order valence-corrected chi connectivity index (χ2v) is 17.6. The molecule has 1 fully saturated rings. The number of nitrogens with one attached hydrogen (secondary N) is 2. The number of nitriles is 1. The van der Waals surface area contributed by atoms with Gasteiger partial charge in [-0.3, -0.25) is 14.4 Å². The van der Waals surface area contributed by atoms with E-state index in [9.17, 15) is 32.3 Å². The average Bonchev–Trinajstić information content (AvgIpc) is 3.90. The Hall–Kier alpha value is -6.07. The van der Waals surface area contributed by atoms with Crippen LogP contribution in [0.1, 0.15) is 69.8 Å². The van der Waals surface area contributed by atoms with Crippen molar-refractivity contribution in [1.29, 1.82) is 5.26 Å². The topological polar surface area (TPSA) is 161 Å². The smallest absolute Gasteiger partial charge is 0.420 e. The van der Waals surface area contributed by atoms with Crippen LogP contribution in [0.4, 0.5) is 33.3 Å². The van der Waals surface area contributed by atoms with Gasteiger partial charge in [0.15, 0.2) is 23.4 Å². The van der Waals surface area contributed by atoms with Crippen molar-refractivity contribution in [3.05, 3.63) is 88.2 Å². The van der Waals surface area contributed by atoms with E-state index in [1.807, 2.05) is 31.2 Å². The molecule has 13 nitrogen and oxygen atoms in total. The summed E-state index contributed by atoms with van der Waals surface area (Å²) in [6.45, 7) is 9.59. The molecule has 0 spiro atoms. The van der Waals surface area contributed by atoms with Gasteiger partial charge in [0.25, 0.3) is 11.8 Å². The first-order chi connectivity index (χ1) is 29.5. The Morgan fingerprint density at radius 3 is 2.35 bits per heavy atom. The molecule has 2 aromatic heterocycles. The highest BCUT2D eigenvalue weighted by molar-refractivity contribution is 7.80. The fraction of sp³-hybridized carbons (Fsp3) is 0.395. The molecular formula is C43H45F5N8O5S2. The van der Waals surface area contributed by atoms with Crippen molar-refractivity contribution in [3.8, 4) is 22.4 Å². The summed E-state index contributed by atoms with van der Waals surface area (Å²) in [6.07, 6.45) is -2.80. The molecule has 3 heterocycles. The van der Waals surface area contributed by atoms with Gasteiger partial charge in [0.1, 0.15) is 23.9 Å². The predicted octanol–water partition coefficient (Wildman–Crippen LogP) is 7.10. The van der Waals surface area contributed by atoms with E-state index >= 15 is 8.78 Å². The molecule has 334 valence electrons. The largest absolute Gasteiger partial charge is 0.465 e. The quantitative estimate of drug-likeness (QED) is 0.0800. The van der Waals surface area contributed by atoms with Gasteiger partial charge >= 0.3 is 6.18 Å². The van der Waals surface area contributed by atoms with Crippen molar-refractivity contribution in [1.82, 2.24) is 25.5 Å². The minimum absolute atomic E-state index is 0.189. The number of alkyl halides is 3. The molecule has 1 aliphatic heterocycles. The third-order valence-electron chi connectivity index (χ3n) is 10.3. The van der Waals surface area contributed by atoms with E-state index in [2.05, 4.69) is 20.6 Å². The van der Waals surface area contributed by atoms with Crippen LogP contribution in [0.25, 0.3) is 10.4 Å². The molecule has 4 aromatic rings. The highest BCUT2D eigenvalue weighted by Gasteiger charge is 2.43. The highest BCUT2D eigenvalue weighted by Crippen LogP contribution is 2.39. The number of hydrogen-bond donors (Lipinski definition) is 2. The number of aryl methyl sites for hydroxylation is 1. The number of ether oxygens (including phenoxy) is 1. The molecule has 2 atom stereocenters. The van der Waals surface area contributed by atoms with Gasteiger partial charge in [-0.25, -0.2) is 18.7 Å². The number of aromatic nitrogens is 2. The number of pyridine rings is 1. The summed E-state index contributed by atoms with van der Waals surface area (Å²) in [7, 11) is 1.13. The summed E-state index contributed by atoms with van der Waals surface area (Å²) in [5, 5.41) is 14.3. The zero-order valence-corrected chi connectivity index (χ0v) is 37.0. The first-order valence-electron chi connectivity index (χ1n) is 19.5. The van der Waals surface area contributed by atoms with Crippen LogP contribution >= 0.6 is 23.6 Å². The van der Waals surface area contributed by atoms with Gasteiger partial charge in [-0.2, -0.15) is 18.4 Å². The van der Waals surface area contributed by atoms with Crippen LogP contribution in [-0.4, -0.2) is 81.8 Å². The summed E-state index contributed by atoms with van der Waals surface area (Å²) >= 11 is 7.03. The van der Waals surface area contributed by atoms with E-state index in [1.165, 1.54) is 24.8 Å². The van der Waals surface area contributed by atoms with E-state index in [-0.39, 0.29) is 24.7 Å². The van der Waals surface area contributed by atoms with Crippen molar-refractivity contribution in [3.63, 3.8) is 0 Å². The Morgan fingerprint density at radius 1 is 1.10 bits per heavy atom. The van der Waals surface area contributed by atoms with Crippen LogP contribution in [0, 0.1) is 35.3 Å². The first-order valence-corrected chi connectivity index (χ1v) is 20.8. The number of carbonyl (C=O) groups excluding carboxylic acids is 4. The molecule has 1 saturated heterocycles. The molecule has 2 N–H and O–H groups in total. The number of amides is 3. The van der Waals surface area contributed by atoms with Crippen molar-refractivity contribution < 1.29 is 45.9 Å². The lowest BCUT2D eigenvalue weighted by Crippen LogP contribution is -2.58. The minimum atomic E-state index is -5.23. The zero-order chi connectivity index (χ0) is 46.6. The number of carbonyl (C=O) groups is 4. The Morgan fingerprint density at radius 2 is 1.78 bits per heavy atom. The molecule has 0 radical (unpaired) electrons. The van der Waals surface area contributed by atoms with Crippen LogP contribution < -0.4 is 25.2 Å².